The van der Waals surface area contributed by atoms with E-state index < -0.39 is 0 Å². The summed E-state index contributed by atoms with van der Waals surface area (Å²) in [6.07, 6.45) is 0. The van der Waals surface area contributed by atoms with Gasteiger partial charge in [0.2, 0.25) is 5.78 Å². The van der Waals surface area contributed by atoms with Crippen LogP contribution < -0.4 is 0 Å². The summed E-state index contributed by atoms with van der Waals surface area (Å²) >= 11 is 10.4. The summed E-state index contributed by atoms with van der Waals surface area (Å²) in [6.45, 7) is 0. The van der Waals surface area contributed by atoms with Crippen LogP contribution in [0.2, 0.25) is 0 Å². The van der Waals surface area contributed by atoms with Crippen LogP contribution in [0.5, 0.6) is 0 Å². The van der Waals surface area contributed by atoms with E-state index in [4.69, 9.17) is 24.4 Å². The van der Waals surface area contributed by atoms with Gasteiger partial charge in [-0.15, -0.1) is 0 Å². The number of benzene rings is 2. The molecule has 0 aliphatic carbocycles. The molecule has 0 atom stereocenters. The third-order valence-electron chi connectivity index (χ3n) is 2.48. The molecule has 0 unspecified atom stereocenters. The van der Waals surface area contributed by atoms with Crippen molar-refractivity contribution in [3.8, 4) is 0 Å². The average Bonchev–Trinajstić information content (AvgIpc) is 2.47. The van der Waals surface area contributed by atoms with Crippen molar-refractivity contribution in [2.24, 2.45) is 0 Å². The van der Waals surface area contributed by atoms with Crippen molar-refractivity contribution in [1.82, 2.24) is 0 Å². The predicted molar refractivity (Wildman–Crippen MR) is 81.3 cm³/mol. The summed E-state index contributed by atoms with van der Waals surface area (Å²) in [5.41, 5.74) is 1.46. The molecule has 0 saturated heterocycles. The minimum absolute atomic E-state index is 0.266. The molecule has 0 saturated carbocycles. The standard InChI is InChI=1S/C15H10OS2/c16-13(14(17)11-7-3-1-4-8-11)15(18)12-9-5-2-6-10-12/h1-10H. The third-order valence-corrected chi connectivity index (χ3v) is 3.33. The molecule has 0 amide bonds. The van der Waals surface area contributed by atoms with Gasteiger partial charge in [-0.1, -0.05) is 85.1 Å². The minimum Gasteiger partial charge on any atom is -0.287 e. The molecule has 0 N–H and O–H groups in total. The topological polar surface area (TPSA) is 17.1 Å². The molecular weight excluding hydrogens is 260 g/mol. The molecule has 2 aromatic carbocycles. The molecule has 0 bridgehead atoms. The van der Waals surface area contributed by atoms with Gasteiger partial charge in [0.25, 0.3) is 0 Å². The predicted octanol–water partition coefficient (Wildman–Crippen LogP) is 3.39. The number of hydrogen-bond donors (Lipinski definition) is 0. The zero-order valence-electron chi connectivity index (χ0n) is 9.50. The van der Waals surface area contributed by atoms with E-state index in [0.717, 1.165) is 11.1 Å². The fourth-order valence-electron chi connectivity index (χ4n) is 1.54. The van der Waals surface area contributed by atoms with E-state index in [0.29, 0.717) is 0 Å². The van der Waals surface area contributed by atoms with Crippen molar-refractivity contribution in [1.29, 1.82) is 0 Å². The first kappa shape index (κ1) is 12.7. The molecule has 18 heavy (non-hydrogen) atoms. The van der Waals surface area contributed by atoms with E-state index in [1.54, 1.807) is 0 Å². The summed E-state index contributed by atoms with van der Waals surface area (Å²) in [5.74, 6) is -0.266. The Morgan fingerprint density at radius 3 is 1.33 bits per heavy atom. The molecule has 0 fully saturated rings. The zero-order valence-corrected chi connectivity index (χ0v) is 11.1. The van der Waals surface area contributed by atoms with Gasteiger partial charge in [0.15, 0.2) is 0 Å². The van der Waals surface area contributed by atoms with Crippen molar-refractivity contribution in [2.75, 3.05) is 0 Å². The molecule has 0 spiro atoms. The molecule has 0 heterocycles. The van der Waals surface area contributed by atoms with E-state index in [1.807, 2.05) is 60.7 Å². The van der Waals surface area contributed by atoms with Crippen LogP contribution in [-0.4, -0.2) is 15.5 Å². The summed E-state index contributed by atoms with van der Waals surface area (Å²) < 4.78 is 0. The van der Waals surface area contributed by atoms with Crippen molar-refractivity contribution >= 4 is 39.9 Å². The number of thiocarbonyl (C=S) groups is 2. The molecular formula is C15H10OS2. The maximum atomic E-state index is 12.2. The molecule has 88 valence electrons. The zero-order chi connectivity index (χ0) is 13.0. The average molecular weight is 270 g/mol. The van der Waals surface area contributed by atoms with Crippen LogP contribution in [0.1, 0.15) is 11.1 Å². The SMILES string of the molecule is O=C(C(=S)c1ccccc1)C(=S)c1ccccc1. The van der Waals surface area contributed by atoms with E-state index in [9.17, 15) is 4.79 Å². The second kappa shape index (κ2) is 5.76. The number of carbonyl (C=O) groups excluding carboxylic acids is 1. The second-order valence-corrected chi connectivity index (χ2v) is 4.54. The van der Waals surface area contributed by atoms with Crippen LogP contribution in [-0.2, 0) is 4.79 Å². The van der Waals surface area contributed by atoms with Gasteiger partial charge < -0.3 is 0 Å². The molecule has 0 aromatic heterocycles. The molecule has 2 aromatic rings. The van der Waals surface area contributed by atoms with Crippen LogP contribution in [0.25, 0.3) is 0 Å². The van der Waals surface area contributed by atoms with Crippen LogP contribution in [0.15, 0.2) is 60.7 Å². The van der Waals surface area contributed by atoms with E-state index >= 15 is 0 Å². The first-order valence-electron chi connectivity index (χ1n) is 5.43. The number of Topliss-reactive ketones (excluding diaryl/α,β-unsaturated/α-hetero) is 1. The number of hydrogen-bond acceptors (Lipinski definition) is 3. The fourth-order valence-corrected chi connectivity index (χ4v) is 2.09. The Labute approximate surface area is 116 Å². The Morgan fingerprint density at radius 2 is 1.00 bits per heavy atom. The normalized spacial score (nSPS) is 9.78. The second-order valence-electron chi connectivity index (χ2n) is 3.72. The highest BCUT2D eigenvalue weighted by Gasteiger charge is 2.17. The monoisotopic (exact) mass is 270 g/mol. The lowest BCUT2D eigenvalue weighted by Gasteiger charge is -2.04. The number of ketones is 1. The van der Waals surface area contributed by atoms with Crippen molar-refractivity contribution < 1.29 is 4.79 Å². The first-order valence-corrected chi connectivity index (χ1v) is 6.25. The van der Waals surface area contributed by atoms with Crippen LogP contribution in [0.3, 0.4) is 0 Å². The Morgan fingerprint density at radius 1 is 0.667 bits per heavy atom. The molecule has 0 aliphatic rings. The highest BCUT2D eigenvalue weighted by atomic mass is 32.1. The highest BCUT2D eigenvalue weighted by molar-refractivity contribution is 7.86. The lowest BCUT2D eigenvalue weighted by molar-refractivity contribution is -0.106. The molecule has 0 aliphatic heterocycles. The van der Waals surface area contributed by atoms with Crippen LogP contribution >= 0.6 is 24.4 Å². The van der Waals surface area contributed by atoms with Gasteiger partial charge in [0, 0.05) is 0 Å². The maximum Gasteiger partial charge on any atom is 0.215 e. The van der Waals surface area contributed by atoms with Gasteiger partial charge in [-0.3, -0.25) is 4.79 Å². The van der Waals surface area contributed by atoms with Gasteiger partial charge >= 0.3 is 0 Å². The van der Waals surface area contributed by atoms with Crippen molar-refractivity contribution in [3.63, 3.8) is 0 Å². The van der Waals surface area contributed by atoms with Gasteiger partial charge in [0.1, 0.15) is 0 Å². The van der Waals surface area contributed by atoms with Crippen molar-refractivity contribution in [2.45, 2.75) is 0 Å². The largest absolute Gasteiger partial charge is 0.287 e. The van der Waals surface area contributed by atoms with E-state index in [-0.39, 0.29) is 15.5 Å². The lowest BCUT2D eigenvalue weighted by atomic mass is 10.0. The van der Waals surface area contributed by atoms with Crippen LogP contribution in [0.4, 0.5) is 0 Å². The van der Waals surface area contributed by atoms with Crippen molar-refractivity contribution in [3.05, 3.63) is 71.8 Å². The number of carbonyl (C=O) groups is 1. The van der Waals surface area contributed by atoms with Gasteiger partial charge in [0.05, 0.1) is 9.73 Å². The summed E-state index contributed by atoms with van der Waals surface area (Å²) in [6, 6.07) is 18.4. The Balaban J connectivity index is 2.23. The highest BCUT2D eigenvalue weighted by Crippen LogP contribution is 2.08. The van der Waals surface area contributed by atoms with Gasteiger partial charge in [-0.05, 0) is 11.1 Å². The molecule has 0 radical (unpaired) electrons. The fraction of sp³-hybridized carbons (Fsp3) is 0. The maximum absolute atomic E-state index is 12.2. The first-order chi connectivity index (χ1) is 8.70. The Hall–Kier alpha value is -1.71. The number of rotatable bonds is 4. The van der Waals surface area contributed by atoms with E-state index in [1.165, 1.54) is 0 Å². The van der Waals surface area contributed by atoms with E-state index in [2.05, 4.69) is 0 Å². The van der Waals surface area contributed by atoms with Crippen LogP contribution in [0, 0.1) is 0 Å². The molecule has 2 rings (SSSR count). The smallest absolute Gasteiger partial charge is 0.215 e. The minimum atomic E-state index is -0.266. The van der Waals surface area contributed by atoms with Gasteiger partial charge in [-0.25, -0.2) is 0 Å². The molecule has 3 heteroatoms. The Kier molecular flexibility index (Phi) is 4.07. The summed E-state index contributed by atoms with van der Waals surface area (Å²) in [7, 11) is 0. The lowest BCUT2D eigenvalue weighted by Crippen LogP contribution is -2.22. The quantitative estimate of drug-likeness (QED) is 0.626. The van der Waals surface area contributed by atoms with Gasteiger partial charge in [-0.2, -0.15) is 0 Å². The Bertz CT molecular complexity index is 535. The summed E-state index contributed by atoms with van der Waals surface area (Å²) in [4.78, 5) is 12.7. The molecule has 1 nitrogen and oxygen atoms in total. The summed E-state index contributed by atoms with van der Waals surface area (Å²) in [5, 5.41) is 0. The third kappa shape index (κ3) is 2.75.